The third kappa shape index (κ3) is 4.10. The fourth-order valence-corrected chi connectivity index (χ4v) is 2.16. The van der Waals surface area contributed by atoms with Crippen LogP contribution in [0.3, 0.4) is 0 Å². The minimum atomic E-state index is -1.09. The van der Waals surface area contributed by atoms with E-state index in [4.69, 9.17) is 5.11 Å². The van der Waals surface area contributed by atoms with Crippen LogP contribution in [0, 0.1) is 5.82 Å². The molecule has 0 fully saturated rings. The number of aliphatic carboxylic acids is 1. The zero-order valence-corrected chi connectivity index (χ0v) is 11.4. The zero-order valence-electron chi connectivity index (χ0n) is 9.77. The van der Waals surface area contributed by atoms with E-state index >= 15 is 0 Å². The SMILES string of the molecule is CN(CC(=O)O)C(=O)C(Br)Cc1ccccc1F. The van der Waals surface area contributed by atoms with E-state index in [-0.39, 0.29) is 24.7 Å². The Labute approximate surface area is 113 Å². The Bertz CT molecular complexity index is 453. The molecule has 4 nitrogen and oxygen atoms in total. The van der Waals surface area contributed by atoms with Crippen molar-refractivity contribution < 1.29 is 19.1 Å². The van der Waals surface area contributed by atoms with Crippen LogP contribution in [0.1, 0.15) is 5.56 Å². The largest absolute Gasteiger partial charge is 0.480 e. The van der Waals surface area contributed by atoms with Crippen molar-refractivity contribution in [3.05, 3.63) is 35.6 Å². The van der Waals surface area contributed by atoms with Crippen molar-refractivity contribution >= 4 is 27.8 Å². The molecule has 1 atom stereocenters. The van der Waals surface area contributed by atoms with Gasteiger partial charge in [-0.05, 0) is 18.1 Å². The Kier molecular flexibility index (Phi) is 5.27. The number of rotatable bonds is 5. The number of alkyl halides is 1. The Balaban J connectivity index is 2.65. The van der Waals surface area contributed by atoms with E-state index in [9.17, 15) is 14.0 Å². The predicted molar refractivity (Wildman–Crippen MR) is 68.1 cm³/mol. The quantitative estimate of drug-likeness (QED) is 0.840. The van der Waals surface area contributed by atoms with E-state index in [0.29, 0.717) is 5.56 Å². The monoisotopic (exact) mass is 317 g/mol. The molecule has 1 aromatic rings. The first-order chi connectivity index (χ1) is 8.41. The molecule has 0 radical (unpaired) electrons. The number of carboxylic acids is 1. The Morgan fingerprint density at radius 1 is 1.44 bits per heavy atom. The lowest BCUT2D eigenvalue weighted by atomic mass is 10.1. The average Bonchev–Trinajstić information content (AvgIpc) is 2.30. The number of halogens is 2. The third-order valence-electron chi connectivity index (χ3n) is 2.37. The molecule has 0 heterocycles. The number of carbonyl (C=O) groups excluding carboxylic acids is 1. The van der Waals surface area contributed by atoms with E-state index in [1.807, 2.05) is 0 Å². The molecule has 0 saturated heterocycles. The maximum atomic E-state index is 13.4. The van der Waals surface area contributed by atoms with Crippen molar-refractivity contribution in [2.45, 2.75) is 11.2 Å². The normalized spacial score (nSPS) is 11.9. The van der Waals surface area contributed by atoms with Crippen LogP contribution in [0.15, 0.2) is 24.3 Å². The molecule has 0 aromatic heterocycles. The maximum absolute atomic E-state index is 13.4. The van der Waals surface area contributed by atoms with Gasteiger partial charge < -0.3 is 10.0 Å². The first-order valence-corrected chi connectivity index (χ1v) is 6.17. The van der Waals surface area contributed by atoms with Gasteiger partial charge >= 0.3 is 5.97 Å². The number of amides is 1. The topological polar surface area (TPSA) is 57.6 Å². The maximum Gasteiger partial charge on any atom is 0.323 e. The minimum Gasteiger partial charge on any atom is -0.480 e. The van der Waals surface area contributed by atoms with E-state index < -0.39 is 10.8 Å². The van der Waals surface area contributed by atoms with Gasteiger partial charge in [0.25, 0.3) is 0 Å². The molecule has 0 spiro atoms. The summed E-state index contributed by atoms with van der Waals surface area (Å²) in [6, 6.07) is 6.17. The summed E-state index contributed by atoms with van der Waals surface area (Å²) >= 11 is 3.15. The second-order valence-corrected chi connectivity index (χ2v) is 4.96. The highest BCUT2D eigenvalue weighted by molar-refractivity contribution is 9.10. The highest BCUT2D eigenvalue weighted by Crippen LogP contribution is 2.15. The molecule has 1 aromatic carbocycles. The van der Waals surface area contributed by atoms with Crippen molar-refractivity contribution in [2.24, 2.45) is 0 Å². The van der Waals surface area contributed by atoms with Crippen molar-refractivity contribution in [1.29, 1.82) is 0 Å². The summed E-state index contributed by atoms with van der Waals surface area (Å²) in [6.45, 7) is -0.377. The highest BCUT2D eigenvalue weighted by atomic mass is 79.9. The minimum absolute atomic E-state index is 0.176. The van der Waals surface area contributed by atoms with Crippen LogP contribution >= 0.6 is 15.9 Å². The molecule has 0 aliphatic heterocycles. The van der Waals surface area contributed by atoms with Crippen molar-refractivity contribution in [1.82, 2.24) is 4.90 Å². The Hall–Kier alpha value is -1.43. The summed E-state index contributed by atoms with van der Waals surface area (Å²) in [5.74, 6) is -1.85. The van der Waals surface area contributed by atoms with Gasteiger partial charge in [-0.15, -0.1) is 0 Å². The zero-order chi connectivity index (χ0) is 13.7. The lowest BCUT2D eigenvalue weighted by molar-refractivity contribution is -0.143. The summed E-state index contributed by atoms with van der Waals surface area (Å²) in [7, 11) is 1.39. The highest BCUT2D eigenvalue weighted by Gasteiger charge is 2.21. The summed E-state index contributed by atoms with van der Waals surface area (Å²) < 4.78 is 13.4. The average molecular weight is 318 g/mol. The van der Waals surface area contributed by atoms with Crippen LogP contribution in [-0.2, 0) is 16.0 Å². The fraction of sp³-hybridized carbons (Fsp3) is 0.333. The number of benzene rings is 1. The van der Waals surface area contributed by atoms with E-state index in [1.54, 1.807) is 18.2 Å². The first kappa shape index (κ1) is 14.6. The van der Waals surface area contributed by atoms with Crippen molar-refractivity contribution in [3.63, 3.8) is 0 Å². The number of hydrogen-bond acceptors (Lipinski definition) is 2. The fourth-order valence-electron chi connectivity index (χ4n) is 1.46. The summed E-state index contributed by atoms with van der Waals surface area (Å²) in [5, 5.41) is 8.58. The van der Waals surface area contributed by atoms with Crippen molar-refractivity contribution in [2.75, 3.05) is 13.6 Å². The van der Waals surface area contributed by atoms with Gasteiger partial charge in [0, 0.05) is 7.05 Å². The van der Waals surface area contributed by atoms with Gasteiger partial charge in [-0.25, -0.2) is 4.39 Å². The predicted octanol–water partition coefficient (Wildman–Crippen LogP) is 1.67. The van der Waals surface area contributed by atoms with Gasteiger partial charge in [0.2, 0.25) is 5.91 Å². The number of carboxylic acid groups (broad SMARTS) is 1. The molecule has 18 heavy (non-hydrogen) atoms. The molecule has 6 heteroatoms. The number of hydrogen-bond donors (Lipinski definition) is 1. The number of carbonyl (C=O) groups is 2. The second-order valence-electron chi connectivity index (χ2n) is 3.85. The first-order valence-electron chi connectivity index (χ1n) is 5.26. The molecule has 1 amide bonds. The second kappa shape index (κ2) is 6.49. The van der Waals surface area contributed by atoms with Crippen LogP contribution in [-0.4, -0.2) is 40.3 Å². The lowest BCUT2D eigenvalue weighted by Gasteiger charge is -2.18. The van der Waals surface area contributed by atoms with Gasteiger partial charge in [0.1, 0.15) is 12.4 Å². The lowest BCUT2D eigenvalue weighted by Crippen LogP contribution is -2.37. The molecule has 1 unspecified atom stereocenters. The van der Waals surface area contributed by atoms with E-state index in [0.717, 1.165) is 4.90 Å². The van der Waals surface area contributed by atoms with Gasteiger partial charge in [-0.2, -0.15) is 0 Å². The van der Waals surface area contributed by atoms with Gasteiger partial charge in [-0.3, -0.25) is 9.59 Å². The van der Waals surface area contributed by atoms with Crippen LogP contribution in [0.25, 0.3) is 0 Å². The molecule has 0 saturated carbocycles. The van der Waals surface area contributed by atoms with Gasteiger partial charge in [-0.1, -0.05) is 34.1 Å². The summed E-state index contributed by atoms with van der Waals surface area (Å²) in [5.41, 5.74) is 0.413. The molecule has 1 N–H and O–H groups in total. The van der Waals surface area contributed by atoms with Crippen LogP contribution in [0.5, 0.6) is 0 Å². The standard InChI is InChI=1S/C12H13BrFNO3/c1-15(7-11(16)17)12(18)9(13)6-8-4-2-3-5-10(8)14/h2-5,9H,6-7H2,1H3,(H,16,17). The van der Waals surface area contributed by atoms with E-state index in [2.05, 4.69) is 15.9 Å². The number of likely N-dealkylation sites (N-methyl/N-ethyl adjacent to an activating group) is 1. The molecule has 0 aliphatic rings. The summed E-state index contributed by atoms with van der Waals surface area (Å²) in [6.07, 6.45) is 0.176. The Morgan fingerprint density at radius 2 is 2.06 bits per heavy atom. The van der Waals surface area contributed by atoms with Crippen LogP contribution in [0.4, 0.5) is 4.39 Å². The van der Waals surface area contributed by atoms with Crippen LogP contribution in [0.2, 0.25) is 0 Å². The van der Waals surface area contributed by atoms with Gasteiger partial charge in [0.05, 0.1) is 4.83 Å². The van der Waals surface area contributed by atoms with Crippen LogP contribution < -0.4 is 0 Å². The molecule has 98 valence electrons. The molecular formula is C12H13BrFNO3. The van der Waals surface area contributed by atoms with Gasteiger partial charge in [0.15, 0.2) is 0 Å². The smallest absolute Gasteiger partial charge is 0.323 e. The third-order valence-corrected chi connectivity index (χ3v) is 3.09. The Morgan fingerprint density at radius 3 is 2.61 bits per heavy atom. The molecular weight excluding hydrogens is 305 g/mol. The van der Waals surface area contributed by atoms with E-state index in [1.165, 1.54) is 13.1 Å². The molecule has 0 bridgehead atoms. The molecule has 1 rings (SSSR count). The van der Waals surface area contributed by atoms with Crippen molar-refractivity contribution in [3.8, 4) is 0 Å². The number of nitrogens with zero attached hydrogens (tertiary/aromatic N) is 1. The summed E-state index contributed by atoms with van der Waals surface area (Å²) in [4.78, 5) is 22.7. The molecule has 0 aliphatic carbocycles.